The molecule has 27 heavy (non-hydrogen) atoms. The van der Waals surface area contributed by atoms with E-state index >= 15 is 0 Å². The van der Waals surface area contributed by atoms with Crippen molar-refractivity contribution in [2.75, 3.05) is 38.5 Å². The number of carbonyl (C=O) groups excluding carboxylic acids is 1. The lowest BCUT2D eigenvalue weighted by Crippen LogP contribution is -2.47. The zero-order valence-corrected chi connectivity index (χ0v) is 15.7. The lowest BCUT2D eigenvalue weighted by Gasteiger charge is -2.32. The van der Waals surface area contributed by atoms with Crippen molar-refractivity contribution >= 4 is 28.4 Å². The van der Waals surface area contributed by atoms with Gasteiger partial charge in [0, 0.05) is 37.8 Å². The predicted molar refractivity (Wildman–Crippen MR) is 103 cm³/mol. The van der Waals surface area contributed by atoms with Crippen LogP contribution in [0.2, 0.25) is 0 Å². The van der Waals surface area contributed by atoms with Gasteiger partial charge in [0.15, 0.2) is 5.82 Å². The number of benzene rings is 1. The minimum atomic E-state index is -0.331. The summed E-state index contributed by atoms with van der Waals surface area (Å²) in [5.74, 6) is 0.504. The van der Waals surface area contributed by atoms with Gasteiger partial charge in [0.05, 0.1) is 11.0 Å². The Morgan fingerprint density at radius 3 is 2.67 bits per heavy atom. The molecule has 1 aliphatic heterocycles. The molecule has 142 valence electrons. The number of amides is 1. The number of aromatic amines is 1. The van der Waals surface area contributed by atoms with E-state index < -0.39 is 0 Å². The number of hydrogen-bond donors (Lipinski definition) is 2. The highest BCUT2D eigenvalue weighted by molar-refractivity contribution is 5.98. The summed E-state index contributed by atoms with van der Waals surface area (Å²) in [6, 6.07) is 5.38. The Morgan fingerprint density at radius 2 is 1.96 bits per heavy atom. The Kier molecular flexibility index (Phi) is 4.31. The Bertz CT molecular complexity index is 1060. The number of anilines is 1. The molecule has 0 saturated carbocycles. The second-order valence-electron chi connectivity index (χ2n) is 7.25. The molecule has 1 amide bonds. The fourth-order valence-electron chi connectivity index (χ4n) is 3.35. The van der Waals surface area contributed by atoms with Crippen molar-refractivity contribution in [2.45, 2.75) is 19.9 Å². The molecule has 0 aliphatic carbocycles. The molecule has 1 aliphatic rings. The average Bonchev–Trinajstić information content (AvgIpc) is 3.03. The number of fused-ring (bicyclic) bond motifs is 3. The van der Waals surface area contributed by atoms with Crippen molar-refractivity contribution in [1.82, 2.24) is 29.4 Å². The Hall–Kier alpha value is -2.94. The molecule has 1 saturated heterocycles. The van der Waals surface area contributed by atoms with Gasteiger partial charge in [-0.1, -0.05) is 0 Å². The SMILES string of the molecule is CC(C)Nc1nc2cc(C(=O)N3CCN(C)CC3)ccc2n2c(=O)[nH]nc12. The maximum atomic E-state index is 12.9. The number of hydrogen-bond acceptors (Lipinski definition) is 6. The second-order valence-corrected chi connectivity index (χ2v) is 7.25. The maximum Gasteiger partial charge on any atom is 0.348 e. The Labute approximate surface area is 156 Å². The van der Waals surface area contributed by atoms with Crippen LogP contribution in [0.4, 0.5) is 5.82 Å². The molecule has 0 radical (unpaired) electrons. The standard InChI is InChI=1S/C18H23N7O2/c1-11(2)19-15-16-21-22-18(27)25(16)14-5-4-12(10-13(14)20-15)17(26)24-8-6-23(3)7-9-24/h4-5,10-11H,6-9H2,1-3H3,(H,19,20)(H,22,27). The summed E-state index contributed by atoms with van der Waals surface area (Å²) in [6.07, 6.45) is 0. The van der Waals surface area contributed by atoms with Crippen LogP contribution < -0.4 is 11.0 Å². The number of piperazine rings is 1. The summed E-state index contributed by atoms with van der Waals surface area (Å²) in [5.41, 5.74) is 1.88. The summed E-state index contributed by atoms with van der Waals surface area (Å²) < 4.78 is 1.48. The summed E-state index contributed by atoms with van der Waals surface area (Å²) in [6.45, 7) is 7.12. The molecule has 4 rings (SSSR count). The molecular formula is C18H23N7O2. The van der Waals surface area contributed by atoms with Crippen LogP contribution in [0.15, 0.2) is 23.0 Å². The molecule has 0 spiro atoms. The van der Waals surface area contributed by atoms with Crippen LogP contribution in [0.5, 0.6) is 0 Å². The monoisotopic (exact) mass is 369 g/mol. The van der Waals surface area contributed by atoms with Crippen LogP contribution in [0.1, 0.15) is 24.2 Å². The zero-order valence-electron chi connectivity index (χ0n) is 15.7. The molecule has 3 aromatic rings. The molecule has 3 heterocycles. The van der Waals surface area contributed by atoms with E-state index in [0.717, 1.165) is 13.1 Å². The fourth-order valence-corrected chi connectivity index (χ4v) is 3.35. The number of carbonyl (C=O) groups is 1. The number of nitrogens with one attached hydrogen (secondary N) is 2. The molecular weight excluding hydrogens is 346 g/mol. The molecule has 9 heteroatoms. The molecule has 0 bridgehead atoms. The zero-order chi connectivity index (χ0) is 19.1. The van der Waals surface area contributed by atoms with Gasteiger partial charge in [0.25, 0.3) is 5.91 Å². The van der Waals surface area contributed by atoms with Gasteiger partial charge in [-0.15, -0.1) is 5.10 Å². The molecule has 0 atom stereocenters. The van der Waals surface area contributed by atoms with Gasteiger partial charge in [-0.2, -0.15) is 0 Å². The van der Waals surface area contributed by atoms with Crippen molar-refractivity contribution in [2.24, 2.45) is 0 Å². The van der Waals surface area contributed by atoms with Crippen LogP contribution in [-0.4, -0.2) is 74.6 Å². The van der Waals surface area contributed by atoms with Gasteiger partial charge < -0.3 is 15.1 Å². The van der Waals surface area contributed by atoms with Crippen molar-refractivity contribution in [3.8, 4) is 0 Å². The first-order valence-corrected chi connectivity index (χ1v) is 9.09. The largest absolute Gasteiger partial charge is 0.365 e. The van der Waals surface area contributed by atoms with E-state index in [1.807, 2.05) is 18.7 Å². The van der Waals surface area contributed by atoms with Gasteiger partial charge in [-0.25, -0.2) is 19.3 Å². The molecule has 1 fully saturated rings. The van der Waals surface area contributed by atoms with E-state index in [1.165, 1.54) is 4.40 Å². The third-order valence-corrected chi connectivity index (χ3v) is 4.80. The maximum absolute atomic E-state index is 12.9. The van der Waals surface area contributed by atoms with Gasteiger partial charge in [-0.3, -0.25) is 4.79 Å². The first kappa shape index (κ1) is 17.5. The third kappa shape index (κ3) is 3.14. The highest BCUT2D eigenvalue weighted by Gasteiger charge is 2.21. The first-order chi connectivity index (χ1) is 12.9. The summed E-state index contributed by atoms with van der Waals surface area (Å²) in [5, 5.41) is 9.77. The van der Waals surface area contributed by atoms with Crippen molar-refractivity contribution < 1.29 is 4.79 Å². The first-order valence-electron chi connectivity index (χ1n) is 9.09. The number of nitrogens with zero attached hydrogens (tertiary/aromatic N) is 5. The predicted octanol–water partition coefficient (Wildman–Crippen LogP) is 0.779. The van der Waals surface area contributed by atoms with Gasteiger partial charge in [-0.05, 0) is 39.1 Å². The lowest BCUT2D eigenvalue weighted by molar-refractivity contribution is 0.0664. The van der Waals surface area contributed by atoms with E-state index in [1.54, 1.807) is 18.2 Å². The number of likely N-dealkylation sites (N-methyl/N-ethyl adjacent to an activating group) is 1. The lowest BCUT2D eigenvalue weighted by atomic mass is 10.1. The van der Waals surface area contributed by atoms with E-state index in [9.17, 15) is 9.59 Å². The molecule has 1 aromatic carbocycles. The Morgan fingerprint density at radius 1 is 1.22 bits per heavy atom. The summed E-state index contributed by atoms with van der Waals surface area (Å²) in [4.78, 5) is 33.8. The van der Waals surface area contributed by atoms with E-state index in [-0.39, 0.29) is 17.6 Å². The molecule has 2 N–H and O–H groups in total. The fraction of sp³-hybridized carbons (Fsp3) is 0.444. The number of rotatable bonds is 3. The quantitative estimate of drug-likeness (QED) is 0.708. The van der Waals surface area contributed by atoms with Gasteiger partial charge in [0.2, 0.25) is 5.65 Å². The van der Waals surface area contributed by atoms with Crippen LogP contribution in [0.3, 0.4) is 0 Å². The summed E-state index contributed by atoms with van der Waals surface area (Å²) in [7, 11) is 2.05. The minimum Gasteiger partial charge on any atom is -0.365 e. The number of H-pyrrole nitrogens is 1. The summed E-state index contributed by atoms with van der Waals surface area (Å²) >= 11 is 0. The van der Waals surface area contributed by atoms with Crippen molar-refractivity contribution in [1.29, 1.82) is 0 Å². The van der Waals surface area contributed by atoms with Crippen LogP contribution in [0, 0.1) is 0 Å². The topological polar surface area (TPSA) is 98.6 Å². The van der Waals surface area contributed by atoms with E-state index in [2.05, 4.69) is 32.4 Å². The van der Waals surface area contributed by atoms with Crippen LogP contribution in [0.25, 0.3) is 16.7 Å². The van der Waals surface area contributed by atoms with E-state index in [4.69, 9.17) is 0 Å². The average molecular weight is 369 g/mol. The highest BCUT2D eigenvalue weighted by Crippen LogP contribution is 2.21. The number of aromatic nitrogens is 4. The van der Waals surface area contributed by atoms with Crippen molar-refractivity contribution in [3.63, 3.8) is 0 Å². The second kappa shape index (κ2) is 6.66. The molecule has 2 aromatic heterocycles. The van der Waals surface area contributed by atoms with Crippen LogP contribution in [-0.2, 0) is 0 Å². The smallest absolute Gasteiger partial charge is 0.348 e. The molecule has 9 nitrogen and oxygen atoms in total. The molecule has 0 unspecified atom stereocenters. The van der Waals surface area contributed by atoms with Crippen LogP contribution >= 0.6 is 0 Å². The normalized spacial score (nSPS) is 15.8. The van der Waals surface area contributed by atoms with Crippen molar-refractivity contribution in [3.05, 3.63) is 34.2 Å². The minimum absolute atomic E-state index is 0.00944. The third-order valence-electron chi connectivity index (χ3n) is 4.80. The van der Waals surface area contributed by atoms with Gasteiger partial charge in [0.1, 0.15) is 0 Å². The van der Waals surface area contributed by atoms with E-state index in [0.29, 0.717) is 41.2 Å². The highest BCUT2D eigenvalue weighted by atomic mass is 16.2. The van der Waals surface area contributed by atoms with Gasteiger partial charge >= 0.3 is 5.69 Å². The Balaban J connectivity index is 1.79.